The molecule has 0 atom stereocenters. The lowest BCUT2D eigenvalue weighted by molar-refractivity contribution is 0.434. The Bertz CT molecular complexity index is 1710. The molecule has 0 unspecified atom stereocenters. The summed E-state index contributed by atoms with van der Waals surface area (Å²) in [6.45, 7) is 0. The van der Waals surface area contributed by atoms with Gasteiger partial charge in [-0.3, -0.25) is 14.2 Å². The summed E-state index contributed by atoms with van der Waals surface area (Å²) < 4.78 is 6.17. The highest BCUT2D eigenvalue weighted by Gasteiger charge is 2.13. The van der Waals surface area contributed by atoms with Crippen molar-refractivity contribution in [2.45, 2.75) is 0 Å². The minimum absolute atomic E-state index is 0.195. The summed E-state index contributed by atoms with van der Waals surface area (Å²) in [4.78, 5) is 18.2. The van der Waals surface area contributed by atoms with Gasteiger partial charge in [0.1, 0.15) is 16.0 Å². The third-order valence-electron chi connectivity index (χ3n) is 4.92. The van der Waals surface area contributed by atoms with E-state index in [2.05, 4.69) is 30.4 Å². The van der Waals surface area contributed by atoms with Crippen LogP contribution in [0.15, 0.2) is 54.1 Å². The van der Waals surface area contributed by atoms with E-state index in [9.17, 15) is 9.90 Å². The van der Waals surface area contributed by atoms with Crippen LogP contribution >= 0.6 is 23.2 Å². The second-order valence-corrected chi connectivity index (χ2v) is 8.09. The number of aromatic hydroxyl groups is 1. The molecular formula is C20H16Cl2N10O2. The summed E-state index contributed by atoms with van der Waals surface area (Å²) in [5.41, 5.74) is 4.00. The molecule has 0 fully saturated rings. The van der Waals surface area contributed by atoms with E-state index in [4.69, 9.17) is 23.2 Å². The fraction of sp³-hybridized carbons (Fsp3) is 0.100. The molecule has 6 aromatic rings. The average molecular weight is 499 g/mol. The lowest BCUT2D eigenvalue weighted by Crippen LogP contribution is -2.07. The Kier molecular flexibility index (Phi) is 5.30. The van der Waals surface area contributed by atoms with Gasteiger partial charge in [0.05, 0.1) is 30.9 Å². The Labute approximate surface area is 200 Å². The van der Waals surface area contributed by atoms with Gasteiger partial charge in [-0.05, 0) is 0 Å². The van der Waals surface area contributed by atoms with Gasteiger partial charge in [0.15, 0.2) is 5.65 Å². The maximum absolute atomic E-state index is 11.3. The maximum atomic E-state index is 11.3. The first kappa shape index (κ1) is 21.7. The van der Waals surface area contributed by atoms with Crippen LogP contribution in [-0.2, 0) is 14.1 Å². The molecule has 2 N–H and O–H groups in total. The van der Waals surface area contributed by atoms with Crippen LogP contribution in [0.2, 0.25) is 10.3 Å². The first-order valence-corrected chi connectivity index (χ1v) is 10.5. The summed E-state index contributed by atoms with van der Waals surface area (Å²) in [6.07, 6.45) is 10.4. The third-order valence-corrected chi connectivity index (χ3v) is 5.38. The third kappa shape index (κ3) is 3.89. The molecule has 0 aliphatic rings. The fourth-order valence-corrected chi connectivity index (χ4v) is 3.87. The number of fused-ring (bicyclic) bond motifs is 2. The summed E-state index contributed by atoms with van der Waals surface area (Å²) in [5.74, 6) is -0.195. The molecule has 34 heavy (non-hydrogen) atoms. The lowest BCUT2D eigenvalue weighted by atomic mass is 10.2. The molecule has 0 amide bonds. The number of aromatic nitrogens is 10. The molecule has 0 bridgehead atoms. The highest BCUT2D eigenvalue weighted by molar-refractivity contribution is 6.33. The summed E-state index contributed by atoms with van der Waals surface area (Å²) in [7, 11) is 3.65. The van der Waals surface area contributed by atoms with Crippen LogP contribution in [-0.4, -0.2) is 53.9 Å². The maximum Gasteiger partial charge on any atom is 0.254 e. The number of nitrogens with one attached hydrogen (secondary N) is 1. The monoisotopic (exact) mass is 498 g/mol. The van der Waals surface area contributed by atoms with Gasteiger partial charge in [0, 0.05) is 54.8 Å². The van der Waals surface area contributed by atoms with Gasteiger partial charge in [0.2, 0.25) is 5.88 Å². The zero-order valence-corrected chi connectivity index (χ0v) is 19.3. The van der Waals surface area contributed by atoms with Gasteiger partial charge < -0.3 is 10.1 Å². The molecule has 0 saturated heterocycles. The van der Waals surface area contributed by atoms with Crippen LogP contribution in [0.3, 0.4) is 0 Å². The molecule has 12 nitrogen and oxygen atoms in total. The van der Waals surface area contributed by atoms with Crippen molar-refractivity contribution < 1.29 is 5.11 Å². The molecule has 0 aliphatic carbocycles. The number of rotatable bonds is 2. The molecule has 0 aromatic carbocycles. The molecule has 0 radical (unpaired) electrons. The predicted molar refractivity (Wildman–Crippen MR) is 125 cm³/mol. The molecule has 6 aromatic heterocycles. The van der Waals surface area contributed by atoms with Crippen LogP contribution in [0.5, 0.6) is 5.88 Å². The van der Waals surface area contributed by atoms with Crippen molar-refractivity contribution >= 4 is 34.5 Å². The summed E-state index contributed by atoms with van der Waals surface area (Å²) >= 11 is 11.9. The van der Waals surface area contributed by atoms with Gasteiger partial charge >= 0.3 is 0 Å². The van der Waals surface area contributed by atoms with Crippen molar-refractivity contribution in [1.82, 2.24) is 48.8 Å². The van der Waals surface area contributed by atoms with Crippen molar-refractivity contribution in [3.05, 3.63) is 70.0 Å². The van der Waals surface area contributed by atoms with Gasteiger partial charge in [-0.15, -0.1) is 0 Å². The number of hydrogen-bond acceptors (Lipinski definition) is 7. The zero-order valence-electron chi connectivity index (χ0n) is 17.8. The minimum atomic E-state index is -0.374. The quantitative estimate of drug-likeness (QED) is 0.350. The Balaban J connectivity index is 0.000000142. The van der Waals surface area contributed by atoms with Crippen molar-refractivity contribution in [2.24, 2.45) is 14.1 Å². The number of aromatic amines is 1. The number of aryl methyl sites for hydroxylation is 2. The number of nitrogens with zero attached hydrogens (tertiary/aromatic N) is 9. The van der Waals surface area contributed by atoms with E-state index in [1.807, 2.05) is 13.2 Å². The van der Waals surface area contributed by atoms with Crippen LogP contribution < -0.4 is 5.56 Å². The Morgan fingerprint density at radius 3 is 2.12 bits per heavy atom. The second kappa shape index (κ2) is 8.32. The second-order valence-electron chi connectivity index (χ2n) is 7.31. The van der Waals surface area contributed by atoms with E-state index < -0.39 is 0 Å². The van der Waals surface area contributed by atoms with Crippen LogP contribution in [0.4, 0.5) is 0 Å². The molecule has 0 aliphatic heterocycles. The first-order chi connectivity index (χ1) is 16.3. The Hall–Kier alpha value is -4.16. The van der Waals surface area contributed by atoms with Gasteiger partial charge in [-0.2, -0.15) is 24.9 Å². The Morgan fingerprint density at radius 1 is 0.853 bits per heavy atom. The van der Waals surface area contributed by atoms with E-state index in [0.29, 0.717) is 27.2 Å². The average Bonchev–Trinajstić information content (AvgIpc) is 3.54. The first-order valence-electron chi connectivity index (χ1n) is 9.78. The molecule has 6 heterocycles. The smallest absolute Gasteiger partial charge is 0.254 e. The molecular weight excluding hydrogens is 483 g/mol. The number of hydrogen-bond donors (Lipinski definition) is 2. The topological polar surface area (TPSA) is 136 Å². The van der Waals surface area contributed by atoms with E-state index in [0.717, 1.165) is 22.8 Å². The van der Waals surface area contributed by atoms with E-state index in [1.165, 1.54) is 9.03 Å². The standard InChI is InChI=1S/C10H7Cl2N5.C10H9N5O2/c1-16-5-6(3-13-16)7-4-14-17-9(12)2-8(11)15-10(7)17;1-14-5-6(3-11-14)7-4-12-15-9(17)2-8(16)13-10(7)15/h2-5H,1H3;2-5,17H,1H3,(H,13,16). The minimum Gasteiger partial charge on any atom is -0.493 e. The fourth-order valence-electron chi connectivity index (χ4n) is 3.41. The highest BCUT2D eigenvalue weighted by Crippen LogP contribution is 2.26. The predicted octanol–water partition coefficient (Wildman–Crippen LogP) is 2.57. The molecule has 14 heteroatoms. The van der Waals surface area contributed by atoms with Crippen LogP contribution in [0.25, 0.3) is 33.5 Å². The number of halogens is 2. The molecule has 6 rings (SSSR count). The van der Waals surface area contributed by atoms with Gasteiger partial charge in [-0.25, -0.2) is 9.50 Å². The zero-order chi connectivity index (χ0) is 24.0. The van der Waals surface area contributed by atoms with Crippen molar-refractivity contribution in [3.8, 4) is 28.1 Å². The van der Waals surface area contributed by atoms with Gasteiger partial charge in [0.25, 0.3) is 5.56 Å². The molecule has 0 saturated carbocycles. The highest BCUT2D eigenvalue weighted by atomic mass is 35.5. The summed E-state index contributed by atoms with van der Waals surface area (Å²) in [6, 6.07) is 2.63. The molecule has 172 valence electrons. The van der Waals surface area contributed by atoms with Crippen molar-refractivity contribution in [2.75, 3.05) is 0 Å². The van der Waals surface area contributed by atoms with E-state index in [-0.39, 0.29) is 11.4 Å². The summed E-state index contributed by atoms with van der Waals surface area (Å²) in [5, 5.41) is 26.7. The largest absolute Gasteiger partial charge is 0.493 e. The van der Waals surface area contributed by atoms with Gasteiger partial charge in [-0.1, -0.05) is 23.2 Å². The normalized spacial score (nSPS) is 11.2. The van der Waals surface area contributed by atoms with E-state index in [1.54, 1.807) is 53.5 Å². The SMILES string of the molecule is Cn1cc(-c2cnn3c(Cl)cc(Cl)nc23)cn1.Cn1cc(-c2cnn3c(O)cc(=O)[nH]c23)cn1. The molecule has 0 spiro atoms. The van der Waals surface area contributed by atoms with Crippen molar-refractivity contribution in [3.63, 3.8) is 0 Å². The van der Waals surface area contributed by atoms with Crippen LogP contribution in [0.1, 0.15) is 0 Å². The van der Waals surface area contributed by atoms with Crippen LogP contribution in [0, 0.1) is 0 Å². The van der Waals surface area contributed by atoms with E-state index >= 15 is 0 Å². The Morgan fingerprint density at radius 2 is 1.47 bits per heavy atom. The lowest BCUT2D eigenvalue weighted by Gasteiger charge is -1.98. The number of H-pyrrole nitrogens is 1. The van der Waals surface area contributed by atoms with Crippen molar-refractivity contribution in [1.29, 1.82) is 0 Å².